The van der Waals surface area contributed by atoms with Gasteiger partial charge in [-0.25, -0.2) is 4.79 Å². The third kappa shape index (κ3) is 4.12. The van der Waals surface area contributed by atoms with E-state index < -0.39 is 6.03 Å². The quantitative estimate of drug-likeness (QED) is 0.777. The standard InChI is InChI=1S/C19H28N4O2/c1-14-4-2-3-5-15(14)16(22-18(20)25)12-17(24)23-10-7-19(8-11-23)6-9-21-13-19/h2-5,16,21H,6-13H2,1H3,(H3,20,22,25). The van der Waals surface area contributed by atoms with Gasteiger partial charge in [0.25, 0.3) is 0 Å². The summed E-state index contributed by atoms with van der Waals surface area (Å²) in [6.45, 7) is 5.75. The van der Waals surface area contributed by atoms with Gasteiger partial charge in [0.15, 0.2) is 0 Å². The summed E-state index contributed by atoms with van der Waals surface area (Å²) in [5.74, 6) is 0.0859. The Balaban J connectivity index is 1.64. The predicted molar refractivity (Wildman–Crippen MR) is 97.0 cm³/mol. The number of amides is 3. The Kier molecular flexibility index (Phi) is 5.27. The van der Waals surface area contributed by atoms with Gasteiger partial charge in [0.1, 0.15) is 0 Å². The number of nitrogens with two attached hydrogens (primary N) is 1. The second-order valence-corrected chi connectivity index (χ2v) is 7.43. The summed E-state index contributed by atoms with van der Waals surface area (Å²) < 4.78 is 0. The average molecular weight is 344 g/mol. The normalized spacial score (nSPS) is 20.4. The van der Waals surface area contributed by atoms with E-state index >= 15 is 0 Å². The molecule has 0 radical (unpaired) electrons. The first kappa shape index (κ1) is 17.7. The zero-order valence-corrected chi connectivity index (χ0v) is 14.9. The van der Waals surface area contributed by atoms with Gasteiger partial charge in [0.2, 0.25) is 5.91 Å². The van der Waals surface area contributed by atoms with E-state index in [1.165, 1.54) is 6.42 Å². The highest BCUT2D eigenvalue weighted by atomic mass is 16.2. The predicted octanol–water partition coefficient (Wildman–Crippen LogP) is 1.70. The SMILES string of the molecule is Cc1ccccc1C(CC(=O)N1CCC2(CCNC2)CC1)NC(N)=O. The van der Waals surface area contributed by atoms with Crippen molar-refractivity contribution in [3.05, 3.63) is 35.4 Å². The summed E-state index contributed by atoms with van der Waals surface area (Å²) in [7, 11) is 0. The highest BCUT2D eigenvalue weighted by Gasteiger charge is 2.38. The molecule has 136 valence electrons. The highest BCUT2D eigenvalue weighted by Crippen LogP contribution is 2.37. The molecule has 2 aliphatic rings. The molecule has 3 rings (SSSR count). The zero-order valence-electron chi connectivity index (χ0n) is 14.9. The smallest absolute Gasteiger partial charge is 0.312 e. The number of urea groups is 1. The molecule has 1 spiro atoms. The summed E-state index contributed by atoms with van der Waals surface area (Å²) in [6.07, 6.45) is 3.58. The van der Waals surface area contributed by atoms with Crippen molar-refractivity contribution in [3.63, 3.8) is 0 Å². The largest absolute Gasteiger partial charge is 0.352 e. The number of hydrogen-bond donors (Lipinski definition) is 3. The molecule has 6 heteroatoms. The molecule has 1 aromatic rings. The molecule has 0 bridgehead atoms. The van der Waals surface area contributed by atoms with Crippen LogP contribution >= 0.6 is 0 Å². The molecule has 1 aromatic carbocycles. The number of carbonyl (C=O) groups is 2. The van der Waals surface area contributed by atoms with Gasteiger partial charge in [0.05, 0.1) is 12.5 Å². The van der Waals surface area contributed by atoms with Gasteiger partial charge in [0, 0.05) is 19.6 Å². The molecule has 2 saturated heterocycles. The van der Waals surface area contributed by atoms with E-state index in [1.807, 2.05) is 36.1 Å². The molecular formula is C19H28N4O2. The molecule has 4 N–H and O–H groups in total. The van der Waals surface area contributed by atoms with Crippen molar-refractivity contribution >= 4 is 11.9 Å². The van der Waals surface area contributed by atoms with Crippen molar-refractivity contribution in [2.75, 3.05) is 26.2 Å². The number of rotatable bonds is 4. The summed E-state index contributed by atoms with van der Waals surface area (Å²) in [6, 6.07) is 6.80. The molecule has 2 aliphatic heterocycles. The van der Waals surface area contributed by atoms with Gasteiger partial charge < -0.3 is 21.3 Å². The Hall–Kier alpha value is -2.08. The van der Waals surface area contributed by atoms with Crippen LogP contribution in [0, 0.1) is 12.3 Å². The van der Waals surface area contributed by atoms with Crippen LogP contribution in [0.4, 0.5) is 4.79 Å². The molecule has 2 fully saturated rings. The van der Waals surface area contributed by atoms with Crippen LogP contribution < -0.4 is 16.4 Å². The van der Waals surface area contributed by atoms with Gasteiger partial charge in [-0.05, 0) is 49.3 Å². The molecule has 25 heavy (non-hydrogen) atoms. The number of aryl methyl sites for hydroxylation is 1. The second kappa shape index (κ2) is 7.44. The van der Waals surface area contributed by atoms with Gasteiger partial charge in [-0.15, -0.1) is 0 Å². The summed E-state index contributed by atoms with van der Waals surface area (Å²) >= 11 is 0. The molecule has 2 heterocycles. The lowest BCUT2D eigenvalue weighted by Crippen LogP contribution is -2.45. The fourth-order valence-corrected chi connectivity index (χ4v) is 4.14. The van der Waals surface area contributed by atoms with Crippen LogP contribution in [0.5, 0.6) is 0 Å². The van der Waals surface area contributed by atoms with Crippen molar-refractivity contribution in [3.8, 4) is 0 Å². The fourth-order valence-electron chi connectivity index (χ4n) is 4.14. The van der Waals surface area contributed by atoms with Crippen LogP contribution in [0.25, 0.3) is 0 Å². The van der Waals surface area contributed by atoms with Crippen LogP contribution in [-0.2, 0) is 4.79 Å². The third-order valence-corrected chi connectivity index (χ3v) is 5.77. The average Bonchev–Trinajstić information content (AvgIpc) is 3.03. The molecule has 1 atom stereocenters. The van der Waals surface area contributed by atoms with Gasteiger partial charge in [-0.1, -0.05) is 24.3 Å². The van der Waals surface area contributed by atoms with Gasteiger partial charge in [-0.3, -0.25) is 4.79 Å². The van der Waals surface area contributed by atoms with E-state index in [9.17, 15) is 9.59 Å². The summed E-state index contributed by atoms with van der Waals surface area (Å²) in [4.78, 5) is 26.1. The van der Waals surface area contributed by atoms with Crippen molar-refractivity contribution < 1.29 is 9.59 Å². The maximum atomic E-state index is 12.8. The Morgan fingerprint density at radius 1 is 1.28 bits per heavy atom. The maximum absolute atomic E-state index is 12.8. The van der Waals surface area contributed by atoms with E-state index in [0.717, 1.165) is 50.1 Å². The first-order valence-corrected chi connectivity index (χ1v) is 9.09. The molecule has 3 amide bonds. The first-order valence-electron chi connectivity index (χ1n) is 9.09. The Bertz CT molecular complexity index is 630. The van der Waals surface area contributed by atoms with E-state index in [-0.39, 0.29) is 18.4 Å². The number of hydrogen-bond acceptors (Lipinski definition) is 3. The third-order valence-electron chi connectivity index (χ3n) is 5.77. The van der Waals surface area contributed by atoms with E-state index in [2.05, 4.69) is 10.6 Å². The molecule has 0 aliphatic carbocycles. The summed E-state index contributed by atoms with van der Waals surface area (Å²) in [5.41, 5.74) is 7.71. The number of nitrogens with zero attached hydrogens (tertiary/aromatic N) is 1. The number of carbonyl (C=O) groups excluding carboxylic acids is 2. The van der Waals surface area contributed by atoms with E-state index in [4.69, 9.17) is 5.73 Å². The first-order chi connectivity index (χ1) is 12.0. The lowest BCUT2D eigenvalue weighted by atomic mass is 9.78. The fraction of sp³-hybridized carbons (Fsp3) is 0.579. The van der Waals surface area contributed by atoms with Crippen molar-refractivity contribution in [1.82, 2.24) is 15.5 Å². The van der Waals surface area contributed by atoms with Crippen molar-refractivity contribution in [1.29, 1.82) is 0 Å². The van der Waals surface area contributed by atoms with Gasteiger partial charge >= 0.3 is 6.03 Å². The second-order valence-electron chi connectivity index (χ2n) is 7.43. The lowest BCUT2D eigenvalue weighted by Gasteiger charge is -2.39. The Labute approximate surface area is 149 Å². The number of likely N-dealkylation sites (tertiary alicyclic amines) is 1. The topological polar surface area (TPSA) is 87.5 Å². The maximum Gasteiger partial charge on any atom is 0.312 e. The highest BCUT2D eigenvalue weighted by molar-refractivity contribution is 5.79. The van der Waals surface area contributed by atoms with Crippen LogP contribution in [-0.4, -0.2) is 43.0 Å². The molecule has 6 nitrogen and oxygen atoms in total. The van der Waals surface area contributed by atoms with Crippen LogP contribution in [0.3, 0.4) is 0 Å². The van der Waals surface area contributed by atoms with E-state index in [0.29, 0.717) is 5.41 Å². The Morgan fingerprint density at radius 2 is 2.00 bits per heavy atom. The monoisotopic (exact) mass is 344 g/mol. The van der Waals surface area contributed by atoms with Crippen molar-refractivity contribution in [2.24, 2.45) is 11.1 Å². The lowest BCUT2D eigenvalue weighted by molar-refractivity contribution is -0.133. The molecule has 1 unspecified atom stereocenters. The minimum atomic E-state index is -0.601. The number of benzene rings is 1. The molecular weight excluding hydrogens is 316 g/mol. The number of piperidine rings is 1. The van der Waals surface area contributed by atoms with Crippen LogP contribution in [0.1, 0.15) is 42.9 Å². The minimum absolute atomic E-state index is 0.0859. The minimum Gasteiger partial charge on any atom is -0.352 e. The number of primary amides is 1. The molecule has 0 aromatic heterocycles. The van der Waals surface area contributed by atoms with Crippen molar-refractivity contribution in [2.45, 2.75) is 38.6 Å². The number of nitrogens with one attached hydrogen (secondary N) is 2. The summed E-state index contributed by atoms with van der Waals surface area (Å²) in [5, 5.41) is 6.18. The van der Waals surface area contributed by atoms with Gasteiger partial charge in [-0.2, -0.15) is 0 Å². The molecule has 0 saturated carbocycles. The van der Waals surface area contributed by atoms with E-state index in [1.54, 1.807) is 0 Å². The zero-order chi connectivity index (χ0) is 17.9. The van der Waals surface area contributed by atoms with Crippen LogP contribution in [0.2, 0.25) is 0 Å². The Morgan fingerprint density at radius 3 is 2.60 bits per heavy atom. The van der Waals surface area contributed by atoms with Crippen LogP contribution in [0.15, 0.2) is 24.3 Å².